The second-order valence-corrected chi connectivity index (χ2v) is 7.20. The van der Waals surface area contributed by atoms with Gasteiger partial charge in [-0.25, -0.2) is 4.98 Å². The number of rotatable bonds is 5. The van der Waals surface area contributed by atoms with E-state index in [2.05, 4.69) is 4.98 Å². The lowest BCUT2D eigenvalue weighted by Crippen LogP contribution is -2.31. The summed E-state index contributed by atoms with van der Waals surface area (Å²) in [5.74, 6) is 1.82. The second kappa shape index (κ2) is 8.07. The van der Waals surface area contributed by atoms with Gasteiger partial charge in [-0.1, -0.05) is 41.9 Å². The highest BCUT2D eigenvalue weighted by atomic mass is 35.5. The SMILES string of the molecule is COc1ccccc1C(=O)N1CCC[C@H]1c1ncc(Cc2ccccc2Cl)o1. The number of likely N-dealkylation sites (tertiary alicyclic amines) is 1. The number of carbonyl (C=O) groups is 1. The first-order valence-electron chi connectivity index (χ1n) is 9.29. The van der Waals surface area contributed by atoms with Crippen LogP contribution in [0.4, 0.5) is 0 Å². The van der Waals surface area contributed by atoms with Gasteiger partial charge in [-0.2, -0.15) is 0 Å². The Morgan fingerprint density at radius 2 is 2.04 bits per heavy atom. The molecule has 6 heteroatoms. The molecule has 0 spiro atoms. The van der Waals surface area contributed by atoms with Crippen LogP contribution in [0.1, 0.15) is 46.5 Å². The van der Waals surface area contributed by atoms with Gasteiger partial charge >= 0.3 is 0 Å². The topological polar surface area (TPSA) is 55.6 Å². The molecule has 0 aliphatic carbocycles. The number of amides is 1. The molecule has 1 aromatic heterocycles. The van der Waals surface area contributed by atoms with Gasteiger partial charge in [-0.15, -0.1) is 0 Å². The Balaban J connectivity index is 1.55. The average Bonchev–Trinajstić information content (AvgIpc) is 3.38. The first-order valence-corrected chi connectivity index (χ1v) is 9.67. The minimum absolute atomic E-state index is 0.0641. The van der Waals surface area contributed by atoms with Gasteiger partial charge in [-0.3, -0.25) is 4.79 Å². The van der Waals surface area contributed by atoms with Crippen molar-refractivity contribution in [2.24, 2.45) is 0 Å². The maximum absolute atomic E-state index is 13.1. The van der Waals surface area contributed by atoms with Gasteiger partial charge in [0, 0.05) is 18.0 Å². The molecule has 4 rings (SSSR count). The van der Waals surface area contributed by atoms with Crippen molar-refractivity contribution in [3.8, 4) is 5.75 Å². The van der Waals surface area contributed by atoms with Gasteiger partial charge in [0.05, 0.1) is 18.9 Å². The molecule has 1 amide bonds. The van der Waals surface area contributed by atoms with E-state index in [-0.39, 0.29) is 11.9 Å². The largest absolute Gasteiger partial charge is 0.496 e. The normalized spacial score (nSPS) is 16.4. The Kier molecular flexibility index (Phi) is 5.35. The maximum Gasteiger partial charge on any atom is 0.258 e. The van der Waals surface area contributed by atoms with Crippen molar-refractivity contribution in [1.82, 2.24) is 9.88 Å². The Morgan fingerprint density at radius 3 is 2.86 bits per heavy atom. The second-order valence-electron chi connectivity index (χ2n) is 6.79. The molecule has 3 aromatic rings. The molecule has 1 aliphatic heterocycles. The smallest absolute Gasteiger partial charge is 0.258 e. The Hall–Kier alpha value is -2.79. The van der Waals surface area contributed by atoms with E-state index in [0.717, 1.165) is 24.2 Å². The number of para-hydroxylation sites is 1. The highest BCUT2D eigenvalue weighted by Crippen LogP contribution is 2.34. The zero-order valence-electron chi connectivity index (χ0n) is 15.6. The molecule has 1 saturated heterocycles. The summed E-state index contributed by atoms with van der Waals surface area (Å²) in [6.07, 6.45) is 4.03. The number of nitrogens with zero attached hydrogens (tertiary/aromatic N) is 2. The molecular weight excluding hydrogens is 376 g/mol. The summed E-state index contributed by atoms with van der Waals surface area (Å²) < 4.78 is 11.4. The van der Waals surface area contributed by atoms with E-state index in [9.17, 15) is 4.79 Å². The fraction of sp³-hybridized carbons (Fsp3) is 0.273. The van der Waals surface area contributed by atoms with Crippen molar-refractivity contribution < 1.29 is 13.9 Å². The molecule has 0 bridgehead atoms. The summed E-state index contributed by atoms with van der Waals surface area (Å²) in [6.45, 7) is 0.670. The lowest BCUT2D eigenvalue weighted by molar-refractivity contribution is 0.0711. The van der Waals surface area contributed by atoms with Crippen LogP contribution in [0.5, 0.6) is 5.75 Å². The minimum atomic E-state index is -0.169. The third kappa shape index (κ3) is 3.62. The molecule has 28 heavy (non-hydrogen) atoms. The summed E-state index contributed by atoms with van der Waals surface area (Å²) in [7, 11) is 1.57. The van der Waals surface area contributed by atoms with E-state index in [1.165, 1.54) is 0 Å². The number of ether oxygens (including phenoxy) is 1. The Labute approximate surface area is 168 Å². The van der Waals surface area contributed by atoms with Crippen molar-refractivity contribution in [2.45, 2.75) is 25.3 Å². The number of halogens is 1. The Bertz CT molecular complexity index is 985. The van der Waals surface area contributed by atoms with E-state index in [0.29, 0.717) is 35.2 Å². The molecule has 1 fully saturated rings. The number of aromatic nitrogens is 1. The van der Waals surface area contributed by atoms with Crippen LogP contribution in [-0.2, 0) is 6.42 Å². The van der Waals surface area contributed by atoms with Crippen LogP contribution in [0.2, 0.25) is 5.02 Å². The highest BCUT2D eigenvalue weighted by Gasteiger charge is 2.34. The first-order chi connectivity index (χ1) is 13.7. The van der Waals surface area contributed by atoms with Crippen LogP contribution in [-0.4, -0.2) is 29.4 Å². The highest BCUT2D eigenvalue weighted by molar-refractivity contribution is 6.31. The zero-order chi connectivity index (χ0) is 19.5. The first kappa shape index (κ1) is 18.6. The molecule has 5 nitrogen and oxygen atoms in total. The minimum Gasteiger partial charge on any atom is -0.496 e. The Morgan fingerprint density at radius 1 is 1.25 bits per heavy atom. The molecule has 2 heterocycles. The van der Waals surface area contributed by atoms with Crippen LogP contribution in [0.25, 0.3) is 0 Å². The van der Waals surface area contributed by atoms with Crippen molar-refractivity contribution in [3.63, 3.8) is 0 Å². The fourth-order valence-corrected chi connectivity index (χ4v) is 3.83. The molecule has 0 radical (unpaired) electrons. The van der Waals surface area contributed by atoms with Gasteiger partial charge in [0.15, 0.2) is 0 Å². The summed E-state index contributed by atoms with van der Waals surface area (Å²) in [6, 6.07) is 14.8. The van der Waals surface area contributed by atoms with Gasteiger partial charge < -0.3 is 14.1 Å². The lowest BCUT2D eigenvalue weighted by atomic mass is 10.1. The molecule has 144 valence electrons. The molecule has 1 atom stereocenters. The molecular formula is C22H21ClN2O3. The predicted octanol–water partition coefficient (Wildman–Crippen LogP) is 4.90. The van der Waals surface area contributed by atoms with Crippen LogP contribution in [0.15, 0.2) is 59.1 Å². The zero-order valence-corrected chi connectivity index (χ0v) is 16.4. The summed E-state index contributed by atoms with van der Waals surface area (Å²) in [4.78, 5) is 19.4. The van der Waals surface area contributed by atoms with Crippen molar-refractivity contribution in [1.29, 1.82) is 0 Å². The quantitative estimate of drug-likeness (QED) is 0.615. The van der Waals surface area contributed by atoms with Gasteiger partial charge in [-0.05, 0) is 36.6 Å². The number of oxazole rings is 1. The summed E-state index contributed by atoms with van der Waals surface area (Å²) in [5, 5.41) is 0.703. The van der Waals surface area contributed by atoms with E-state index in [4.69, 9.17) is 20.8 Å². The summed E-state index contributed by atoms with van der Waals surface area (Å²) in [5.41, 5.74) is 1.54. The standard InChI is InChI=1S/C22H21ClN2O3/c1-27-20-11-5-3-8-17(20)22(26)25-12-6-10-19(25)21-24-14-16(28-21)13-15-7-2-4-9-18(15)23/h2-5,7-9,11,14,19H,6,10,12-13H2,1H3/t19-/m0/s1. The number of hydrogen-bond acceptors (Lipinski definition) is 4. The van der Waals surface area contributed by atoms with Crippen molar-refractivity contribution in [2.75, 3.05) is 13.7 Å². The van der Waals surface area contributed by atoms with Crippen molar-refractivity contribution >= 4 is 17.5 Å². The maximum atomic E-state index is 13.1. The van der Waals surface area contributed by atoms with Gasteiger partial charge in [0.25, 0.3) is 5.91 Å². The molecule has 0 saturated carbocycles. The monoisotopic (exact) mass is 396 g/mol. The molecule has 0 unspecified atom stereocenters. The molecule has 0 N–H and O–H groups in total. The number of methoxy groups -OCH3 is 1. The number of benzene rings is 2. The number of carbonyl (C=O) groups excluding carboxylic acids is 1. The summed E-state index contributed by atoms with van der Waals surface area (Å²) >= 11 is 6.24. The fourth-order valence-electron chi connectivity index (χ4n) is 3.63. The van der Waals surface area contributed by atoms with Crippen LogP contribution in [0, 0.1) is 0 Å². The molecule has 1 aliphatic rings. The van der Waals surface area contributed by atoms with Crippen LogP contribution in [0.3, 0.4) is 0 Å². The van der Waals surface area contributed by atoms with E-state index in [1.807, 2.05) is 41.3 Å². The van der Waals surface area contributed by atoms with Crippen molar-refractivity contribution in [3.05, 3.63) is 82.5 Å². The van der Waals surface area contributed by atoms with E-state index < -0.39 is 0 Å². The predicted molar refractivity (Wildman–Crippen MR) is 107 cm³/mol. The van der Waals surface area contributed by atoms with Gasteiger partial charge in [0.1, 0.15) is 17.6 Å². The third-order valence-electron chi connectivity index (χ3n) is 5.03. The average molecular weight is 397 g/mol. The van der Waals surface area contributed by atoms with E-state index in [1.54, 1.807) is 25.4 Å². The number of hydrogen-bond donors (Lipinski definition) is 0. The van der Waals surface area contributed by atoms with Crippen LogP contribution >= 0.6 is 11.6 Å². The van der Waals surface area contributed by atoms with Crippen LogP contribution < -0.4 is 4.74 Å². The lowest BCUT2D eigenvalue weighted by Gasteiger charge is -2.23. The van der Waals surface area contributed by atoms with Gasteiger partial charge in [0.2, 0.25) is 5.89 Å². The van der Waals surface area contributed by atoms with E-state index >= 15 is 0 Å². The molecule has 2 aromatic carbocycles. The third-order valence-corrected chi connectivity index (χ3v) is 5.40.